The van der Waals surface area contributed by atoms with Gasteiger partial charge in [0.1, 0.15) is 0 Å². The number of halogens is 2. The fourth-order valence-corrected chi connectivity index (χ4v) is 3.77. The summed E-state index contributed by atoms with van der Waals surface area (Å²) in [5, 5.41) is 1.12. The number of rotatable bonds is 12. The van der Waals surface area contributed by atoms with E-state index in [-0.39, 0.29) is 0 Å². The van der Waals surface area contributed by atoms with Crippen LogP contribution in [-0.2, 0) is 6.42 Å². The highest BCUT2D eigenvalue weighted by Gasteiger charge is 2.10. The molecule has 0 saturated heterocycles. The van der Waals surface area contributed by atoms with Crippen molar-refractivity contribution < 1.29 is 0 Å². The minimum absolute atomic E-state index is 0.767. The molecule has 0 aliphatic rings. The summed E-state index contributed by atoms with van der Waals surface area (Å²) in [6.07, 6.45) is 13.8. The second-order valence-electron chi connectivity index (χ2n) is 6.08. The van der Waals surface area contributed by atoms with Gasteiger partial charge in [-0.1, -0.05) is 108 Å². The van der Waals surface area contributed by atoms with E-state index in [0.717, 1.165) is 11.2 Å². The van der Waals surface area contributed by atoms with Crippen molar-refractivity contribution in [3.63, 3.8) is 0 Å². The van der Waals surface area contributed by atoms with Crippen LogP contribution in [0.4, 0.5) is 0 Å². The summed E-state index contributed by atoms with van der Waals surface area (Å²) in [5.74, 6) is 0.767. The van der Waals surface area contributed by atoms with Crippen LogP contribution in [0.3, 0.4) is 0 Å². The van der Waals surface area contributed by atoms with Crippen LogP contribution < -0.4 is 0 Å². The summed E-state index contributed by atoms with van der Waals surface area (Å²) < 4.78 is 1.26. The van der Waals surface area contributed by atoms with Crippen LogP contribution >= 0.6 is 31.9 Å². The molecule has 1 aromatic rings. The van der Waals surface area contributed by atoms with Crippen LogP contribution in [-0.4, -0.2) is 5.33 Å². The van der Waals surface area contributed by atoms with Crippen LogP contribution in [0.5, 0.6) is 0 Å². The molecule has 0 nitrogen and oxygen atoms in total. The molecule has 0 radical (unpaired) electrons. The first-order valence-corrected chi connectivity index (χ1v) is 10.5. The number of hydrogen-bond acceptors (Lipinski definition) is 0. The fourth-order valence-electron chi connectivity index (χ4n) is 2.78. The van der Waals surface area contributed by atoms with Gasteiger partial charge in [0.15, 0.2) is 0 Å². The Morgan fingerprint density at radius 2 is 1.52 bits per heavy atom. The second kappa shape index (κ2) is 12.7. The van der Waals surface area contributed by atoms with Crippen LogP contribution in [0.2, 0.25) is 0 Å². The Morgan fingerprint density at radius 1 is 0.905 bits per heavy atom. The average molecular weight is 418 g/mol. The average Bonchev–Trinajstić information content (AvgIpc) is 2.50. The summed E-state index contributed by atoms with van der Waals surface area (Å²) in [7, 11) is 0. The monoisotopic (exact) mass is 416 g/mol. The van der Waals surface area contributed by atoms with Gasteiger partial charge in [0.05, 0.1) is 0 Å². The zero-order chi connectivity index (χ0) is 15.3. The van der Waals surface area contributed by atoms with Gasteiger partial charge in [-0.15, -0.1) is 0 Å². The highest BCUT2D eigenvalue weighted by atomic mass is 79.9. The Morgan fingerprint density at radius 3 is 2.14 bits per heavy atom. The van der Waals surface area contributed by atoms with E-state index in [4.69, 9.17) is 0 Å². The van der Waals surface area contributed by atoms with E-state index in [2.05, 4.69) is 63.0 Å². The third kappa shape index (κ3) is 9.03. The van der Waals surface area contributed by atoms with Gasteiger partial charge in [-0.25, -0.2) is 0 Å². The molecule has 1 unspecified atom stereocenters. The molecule has 0 heterocycles. The number of hydrogen-bond donors (Lipinski definition) is 0. The van der Waals surface area contributed by atoms with Gasteiger partial charge in [0, 0.05) is 9.80 Å². The third-order valence-electron chi connectivity index (χ3n) is 4.15. The Hall–Kier alpha value is 0.180. The van der Waals surface area contributed by atoms with Gasteiger partial charge in [0.2, 0.25) is 0 Å². The van der Waals surface area contributed by atoms with E-state index in [1.165, 1.54) is 74.2 Å². The summed E-state index contributed by atoms with van der Waals surface area (Å²) in [6.45, 7) is 2.28. The van der Waals surface area contributed by atoms with E-state index in [1.807, 2.05) is 0 Å². The van der Waals surface area contributed by atoms with Crippen molar-refractivity contribution in [1.29, 1.82) is 0 Å². The van der Waals surface area contributed by atoms with Gasteiger partial charge in [0.25, 0.3) is 0 Å². The maximum absolute atomic E-state index is 3.69. The molecule has 1 atom stereocenters. The van der Waals surface area contributed by atoms with Gasteiger partial charge in [-0.2, -0.15) is 0 Å². The zero-order valence-corrected chi connectivity index (χ0v) is 16.6. The maximum atomic E-state index is 3.69. The first-order valence-electron chi connectivity index (χ1n) is 8.57. The smallest absolute Gasteiger partial charge is 0.0207 e. The minimum Gasteiger partial charge on any atom is -0.0925 e. The lowest BCUT2D eigenvalue weighted by atomic mass is 9.95. The molecule has 120 valence electrons. The normalized spacial score (nSPS) is 12.5. The van der Waals surface area contributed by atoms with E-state index in [1.54, 1.807) is 0 Å². The predicted molar refractivity (Wildman–Crippen MR) is 102 cm³/mol. The van der Waals surface area contributed by atoms with Crippen LogP contribution in [0, 0.1) is 5.92 Å². The molecule has 0 saturated carbocycles. The predicted octanol–water partition coefficient (Wildman–Crippen LogP) is 7.53. The zero-order valence-electron chi connectivity index (χ0n) is 13.4. The van der Waals surface area contributed by atoms with Crippen LogP contribution in [0.1, 0.15) is 70.3 Å². The molecule has 0 fully saturated rings. The van der Waals surface area contributed by atoms with Crippen molar-refractivity contribution in [1.82, 2.24) is 0 Å². The van der Waals surface area contributed by atoms with Gasteiger partial charge in [-0.3, -0.25) is 0 Å². The first-order chi connectivity index (χ1) is 10.3. The fraction of sp³-hybridized carbons (Fsp3) is 0.684. The Kier molecular flexibility index (Phi) is 11.6. The van der Waals surface area contributed by atoms with Crippen LogP contribution in [0.15, 0.2) is 28.7 Å². The van der Waals surface area contributed by atoms with E-state index < -0.39 is 0 Å². The SMILES string of the molecule is CCCCCCCCCCC(CBr)Cc1ccccc1Br. The molecule has 0 aromatic heterocycles. The lowest BCUT2D eigenvalue weighted by Crippen LogP contribution is -2.06. The Bertz CT molecular complexity index is 362. The van der Waals surface area contributed by atoms with Crippen LogP contribution in [0.25, 0.3) is 0 Å². The molecule has 2 heteroatoms. The molecule has 0 aliphatic heterocycles. The number of unbranched alkanes of at least 4 members (excludes halogenated alkanes) is 7. The Labute approximate surface area is 148 Å². The van der Waals surface area contributed by atoms with Crippen molar-refractivity contribution in [3.05, 3.63) is 34.3 Å². The topological polar surface area (TPSA) is 0 Å². The van der Waals surface area contributed by atoms with E-state index in [9.17, 15) is 0 Å². The van der Waals surface area contributed by atoms with E-state index in [0.29, 0.717) is 0 Å². The quantitative estimate of drug-likeness (QED) is 0.243. The van der Waals surface area contributed by atoms with Crippen molar-refractivity contribution in [2.45, 2.75) is 71.1 Å². The summed E-state index contributed by atoms with van der Waals surface area (Å²) >= 11 is 7.36. The molecular weight excluding hydrogens is 388 g/mol. The highest BCUT2D eigenvalue weighted by molar-refractivity contribution is 9.10. The van der Waals surface area contributed by atoms with Crippen molar-refractivity contribution >= 4 is 31.9 Å². The highest BCUT2D eigenvalue weighted by Crippen LogP contribution is 2.23. The molecular formula is C19H30Br2. The molecule has 0 N–H and O–H groups in total. The van der Waals surface area contributed by atoms with Crippen molar-refractivity contribution in [2.75, 3.05) is 5.33 Å². The largest absolute Gasteiger partial charge is 0.0925 e. The molecule has 0 amide bonds. The van der Waals surface area contributed by atoms with Gasteiger partial charge < -0.3 is 0 Å². The summed E-state index contributed by atoms with van der Waals surface area (Å²) in [4.78, 5) is 0. The maximum Gasteiger partial charge on any atom is 0.0207 e. The van der Waals surface area contributed by atoms with E-state index >= 15 is 0 Å². The molecule has 1 rings (SSSR count). The number of alkyl halides is 1. The summed E-state index contributed by atoms with van der Waals surface area (Å²) in [5.41, 5.74) is 1.45. The molecule has 1 aromatic carbocycles. The summed E-state index contributed by atoms with van der Waals surface area (Å²) in [6, 6.07) is 8.63. The molecule has 0 spiro atoms. The van der Waals surface area contributed by atoms with Gasteiger partial charge in [-0.05, 0) is 30.4 Å². The van der Waals surface area contributed by atoms with Crippen molar-refractivity contribution in [3.8, 4) is 0 Å². The molecule has 21 heavy (non-hydrogen) atoms. The second-order valence-corrected chi connectivity index (χ2v) is 7.58. The minimum atomic E-state index is 0.767. The molecule has 0 bridgehead atoms. The van der Waals surface area contributed by atoms with Gasteiger partial charge >= 0.3 is 0 Å². The van der Waals surface area contributed by atoms with Crippen molar-refractivity contribution in [2.24, 2.45) is 5.92 Å². The lowest BCUT2D eigenvalue weighted by Gasteiger charge is -2.15. The first kappa shape index (κ1) is 19.2. The standard InChI is InChI=1S/C19H30Br2/c1-2-3-4-5-6-7-8-9-12-17(16-20)15-18-13-10-11-14-19(18)21/h10-11,13-14,17H,2-9,12,15-16H2,1H3. The Balaban J connectivity index is 2.13. The lowest BCUT2D eigenvalue weighted by molar-refractivity contribution is 0.486. The molecule has 0 aliphatic carbocycles. The third-order valence-corrected chi connectivity index (χ3v) is 5.84. The number of benzene rings is 1.